The minimum atomic E-state index is 0.0690. The van der Waals surface area contributed by atoms with Gasteiger partial charge in [0.1, 0.15) is 0 Å². The van der Waals surface area contributed by atoms with Crippen molar-refractivity contribution in [1.82, 2.24) is 15.1 Å². The minimum absolute atomic E-state index is 0.0690. The lowest BCUT2D eigenvalue weighted by Gasteiger charge is -2.33. The molecule has 21 heavy (non-hydrogen) atoms. The minimum Gasteiger partial charge on any atom is -0.334 e. The third kappa shape index (κ3) is 4.74. The van der Waals surface area contributed by atoms with Crippen LogP contribution >= 0.6 is 0 Å². The maximum absolute atomic E-state index is 12.2. The first kappa shape index (κ1) is 15.8. The van der Waals surface area contributed by atoms with Gasteiger partial charge in [-0.15, -0.1) is 0 Å². The number of nitrogens with one attached hydrogen (secondary N) is 1. The SMILES string of the molecule is CC1CCCCN1C(=O)NCc1ccc(CN(C)C)cc1. The summed E-state index contributed by atoms with van der Waals surface area (Å²) in [7, 11) is 4.13. The molecule has 116 valence electrons. The van der Waals surface area contributed by atoms with Crippen LogP contribution < -0.4 is 5.32 Å². The zero-order valence-electron chi connectivity index (χ0n) is 13.4. The number of amides is 2. The summed E-state index contributed by atoms with van der Waals surface area (Å²) in [4.78, 5) is 16.3. The number of hydrogen-bond donors (Lipinski definition) is 1. The highest BCUT2D eigenvalue weighted by atomic mass is 16.2. The molecule has 1 heterocycles. The quantitative estimate of drug-likeness (QED) is 0.925. The molecule has 1 aliphatic heterocycles. The predicted molar refractivity (Wildman–Crippen MR) is 86.1 cm³/mol. The second-order valence-electron chi connectivity index (χ2n) is 6.25. The van der Waals surface area contributed by atoms with Gasteiger partial charge in [0.05, 0.1) is 0 Å². The number of rotatable bonds is 4. The van der Waals surface area contributed by atoms with E-state index in [2.05, 4.69) is 55.5 Å². The van der Waals surface area contributed by atoms with Crippen LogP contribution in [0.4, 0.5) is 4.79 Å². The van der Waals surface area contributed by atoms with Gasteiger partial charge in [-0.05, 0) is 51.4 Å². The molecule has 1 atom stereocenters. The van der Waals surface area contributed by atoms with Gasteiger partial charge >= 0.3 is 6.03 Å². The predicted octanol–water partition coefficient (Wildman–Crippen LogP) is 2.83. The third-order valence-corrected chi connectivity index (χ3v) is 4.03. The van der Waals surface area contributed by atoms with Gasteiger partial charge in [0.2, 0.25) is 0 Å². The number of benzene rings is 1. The van der Waals surface area contributed by atoms with Gasteiger partial charge in [-0.25, -0.2) is 4.79 Å². The highest BCUT2D eigenvalue weighted by Crippen LogP contribution is 2.16. The van der Waals surface area contributed by atoms with Crippen molar-refractivity contribution in [3.63, 3.8) is 0 Å². The number of hydrogen-bond acceptors (Lipinski definition) is 2. The largest absolute Gasteiger partial charge is 0.334 e. The zero-order chi connectivity index (χ0) is 15.2. The van der Waals surface area contributed by atoms with E-state index in [0.29, 0.717) is 12.6 Å². The molecule has 0 saturated carbocycles. The van der Waals surface area contributed by atoms with Gasteiger partial charge in [0, 0.05) is 25.7 Å². The molecule has 1 aromatic carbocycles. The van der Waals surface area contributed by atoms with Crippen molar-refractivity contribution in [2.75, 3.05) is 20.6 Å². The Hall–Kier alpha value is -1.55. The summed E-state index contributed by atoms with van der Waals surface area (Å²) in [6, 6.07) is 8.88. The smallest absolute Gasteiger partial charge is 0.317 e. The van der Waals surface area contributed by atoms with Gasteiger partial charge in [-0.1, -0.05) is 24.3 Å². The van der Waals surface area contributed by atoms with Crippen LogP contribution in [-0.4, -0.2) is 42.5 Å². The Labute approximate surface area is 128 Å². The molecule has 1 aromatic rings. The van der Waals surface area contributed by atoms with E-state index in [4.69, 9.17) is 0 Å². The maximum Gasteiger partial charge on any atom is 0.317 e. The Bertz CT molecular complexity index is 456. The van der Waals surface area contributed by atoms with Crippen molar-refractivity contribution < 1.29 is 4.79 Å². The number of urea groups is 1. The zero-order valence-corrected chi connectivity index (χ0v) is 13.4. The summed E-state index contributed by atoms with van der Waals surface area (Å²) in [5.41, 5.74) is 2.44. The van der Waals surface area contributed by atoms with Crippen LogP contribution in [0.3, 0.4) is 0 Å². The van der Waals surface area contributed by atoms with Crippen molar-refractivity contribution in [3.8, 4) is 0 Å². The molecular weight excluding hydrogens is 262 g/mol. The molecule has 1 unspecified atom stereocenters. The molecule has 1 fully saturated rings. The maximum atomic E-state index is 12.2. The van der Waals surface area contributed by atoms with Crippen molar-refractivity contribution >= 4 is 6.03 Å². The average molecular weight is 289 g/mol. The number of piperidine rings is 1. The van der Waals surface area contributed by atoms with E-state index in [1.807, 2.05) is 4.90 Å². The van der Waals surface area contributed by atoms with E-state index >= 15 is 0 Å². The van der Waals surface area contributed by atoms with Gasteiger partial charge in [0.25, 0.3) is 0 Å². The third-order valence-electron chi connectivity index (χ3n) is 4.03. The van der Waals surface area contributed by atoms with Crippen molar-refractivity contribution in [2.45, 2.75) is 45.3 Å². The highest BCUT2D eigenvalue weighted by molar-refractivity contribution is 5.74. The van der Waals surface area contributed by atoms with Crippen LogP contribution in [-0.2, 0) is 13.1 Å². The normalized spacial score (nSPS) is 18.9. The summed E-state index contributed by atoms with van der Waals surface area (Å²) in [5, 5.41) is 3.04. The van der Waals surface area contributed by atoms with Crippen LogP contribution in [0.5, 0.6) is 0 Å². The molecule has 0 aliphatic carbocycles. The van der Waals surface area contributed by atoms with E-state index in [9.17, 15) is 4.79 Å². The Morgan fingerprint density at radius 3 is 2.52 bits per heavy atom. The van der Waals surface area contributed by atoms with E-state index < -0.39 is 0 Å². The lowest BCUT2D eigenvalue weighted by atomic mass is 10.0. The van der Waals surface area contributed by atoms with Gasteiger partial charge in [0.15, 0.2) is 0 Å². The molecular formula is C17H27N3O. The fraction of sp³-hybridized carbons (Fsp3) is 0.588. The van der Waals surface area contributed by atoms with E-state index in [1.165, 1.54) is 12.0 Å². The van der Waals surface area contributed by atoms with Gasteiger partial charge < -0.3 is 15.1 Å². The van der Waals surface area contributed by atoms with Crippen molar-refractivity contribution in [2.24, 2.45) is 0 Å². The fourth-order valence-corrected chi connectivity index (χ4v) is 2.81. The van der Waals surface area contributed by atoms with E-state index in [0.717, 1.165) is 31.5 Å². The lowest BCUT2D eigenvalue weighted by Crippen LogP contribution is -2.47. The molecule has 1 N–H and O–H groups in total. The monoisotopic (exact) mass is 289 g/mol. The molecule has 1 saturated heterocycles. The molecule has 0 aromatic heterocycles. The molecule has 1 aliphatic rings. The van der Waals surface area contributed by atoms with Crippen LogP contribution in [0.1, 0.15) is 37.3 Å². The summed E-state index contributed by atoms with van der Waals surface area (Å²) in [6.45, 7) is 4.56. The number of carbonyl (C=O) groups excluding carboxylic acids is 1. The summed E-state index contributed by atoms with van der Waals surface area (Å²) >= 11 is 0. The Morgan fingerprint density at radius 1 is 1.24 bits per heavy atom. The molecule has 4 heteroatoms. The Kier molecular flexibility index (Phi) is 5.62. The first-order valence-electron chi connectivity index (χ1n) is 7.83. The highest BCUT2D eigenvalue weighted by Gasteiger charge is 2.22. The molecule has 0 bridgehead atoms. The first-order valence-corrected chi connectivity index (χ1v) is 7.83. The topological polar surface area (TPSA) is 35.6 Å². The van der Waals surface area contributed by atoms with Gasteiger partial charge in [-0.3, -0.25) is 0 Å². The van der Waals surface area contributed by atoms with Crippen LogP contribution in [0.2, 0.25) is 0 Å². The average Bonchev–Trinajstić information content (AvgIpc) is 2.46. The van der Waals surface area contributed by atoms with Crippen LogP contribution in [0, 0.1) is 0 Å². The number of likely N-dealkylation sites (tertiary alicyclic amines) is 1. The van der Waals surface area contributed by atoms with Crippen LogP contribution in [0.25, 0.3) is 0 Å². The van der Waals surface area contributed by atoms with Crippen molar-refractivity contribution in [1.29, 1.82) is 0 Å². The first-order chi connectivity index (χ1) is 10.1. The van der Waals surface area contributed by atoms with Gasteiger partial charge in [-0.2, -0.15) is 0 Å². The molecule has 2 amide bonds. The Balaban J connectivity index is 1.83. The van der Waals surface area contributed by atoms with E-state index in [1.54, 1.807) is 0 Å². The molecule has 0 spiro atoms. The molecule has 2 rings (SSSR count). The van der Waals surface area contributed by atoms with Crippen LogP contribution in [0.15, 0.2) is 24.3 Å². The summed E-state index contributed by atoms with van der Waals surface area (Å²) in [5.74, 6) is 0. The molecule has 4 nitrogen and oxygen atoms in total. The Morgan fingerprint density at radius 2 is 1.90 bits per heavy atom. The number of carbonyl (C=O) groups is 1. The fourth-order valence-electron chi connectivity index (χ4n) is 2.81. The second-order valence-corrected chi connectivity index (χ2v) is 6.25. The standard InChI is InChI=1S/C17H27N3O/c1-14-6-4-5-11-20(14)17(21)18-12-15-7-9-16(10-8-15)13-19(2)3/h7-10,14H,4-6,11-13H2,1-3H3,(H,18,21). The molecule has 0 radical (unpaired) electrons. The van der Waals surface area contributed by atoms with E-state index in [-0.39, 0.29) is 6.03 Å². The summed E-state index contributed by atoms with van der Waals surface area (Å²) in [6.07, 6.45) is 3.47. The number of nitrogens with zero attached hydrogens (tertiary/aromatic N) is 2. The summed E-state index contributed by atoms with van der Waals surface area (Å²) < 4.78 is 0. The van der Waals surface area contributed by atoms with Crippen molar-refractivity contribution in [3.05, 3.63) is 35.4 Å². The second kappa shape index (κ2) is 7.46. The lowest BCUT2D eigenvalue weighted by molar-refractivity contribution is 0.158.